The number of hydrogen-bond acceptors (Lipinski definition) is 3. The first-order chi connectivity index (χ1) is 5.86. The first-order valence-electron chi connectivity index (χ1n) is 4.84. The topological polar surface area (TPSA) is 49.3 Å². The van der Waals surface area contributed by atoms with Gasteiger partial charge in [-0.1, -0.05) is 27.7 Å². The molecule has 0 spiro atoms. The SMILES string of the molecule is CC(C)N[C@H](C(=O)C(C)C)C(C)O. The van der Waals surface area contributed by atoms with Crippen LogP contribution in [-0.2, 0) is 4.79 Å². The number of nitrogens with one attached hydrogen (secondary N) is 1. The second-order valence-corrected chi connectivity index (χ2v) is 4.10. The van der Waals surface area contributed by atoms with E-state index in [9.17, 15) is 9.90 Å². The van der Waals surface area contributed by atoms with E-state index >= 15 is 0 Å². The molecule has 2 atom stereocenters. The molecule has 0 aromatic heterocycles. The van der Waals surface area contributed by atoms with E-state index in [-0.39, 0.29) is 17.7 Å². The number of hydrogen-bond donors (Lipinski definition) is 2. The van der Waals surface area contributed by atoms with Crippen molar-refractivity contribution in [3.63, 3.8) is 0 Å². The van der Waals surface area contributed by atoms with Crippen LogP contribution in [-0.4, -0.2) is 29.1 Å². The van der Waals surface area contributed by atoms with Crippen molar-refractivity contribution in [2.24, 2.45) is 5.92 Å². The molecule has 1 unspecified atom stereocenters. The lowest BCUT2D eigenvalue weighted by molar-refractivity contribution is -0.126. The zero-order valence-corrected chi connectivity index (χ0v) is 9.16. The Morgan fingerprint density at radius 1 is 1.15 bits per heavy atom. The molecule has 0 radical (unpaired) electrons. The molecule has 2 N–H and O–H groups in total. The molecule has 13 heavy (non-hydrogen) atoms. The van der Waals surface area contributed by atoms with Gasteiger partial charge in [0.2, 0.25) is 0 Å². The van der Waals surface area contributed by atoms with Crippen LogP contribution >= 0.6 is 0 Å². The summed E-state index contributed by atoms with van der Waals surface area (Å²) < 4.78 is 0. The maximum Gasteiger partial charge on any atom is 0.154 e. The molecular formula is C10H21NO2. The zero-order chi connectivity index (χ0) is 10.6. The van der Waals surface area contributed by atoms with Gasteiger partial charge in [0.25, 0.3) is 0 Å². The van der Waals surface area contributed by atoms with Gasteiger partial charge in [0.1, 0.15) is 0 Å². The molecular weight excluding hydrogens is 166 g/mol. The summed E-state index contributed by atoms with van der Waals surface area (Å²) in [5.41, 5.74) is 0. The molecule has 0 amide bonds. The Morgan fingerprint density at radius 3 is 1.85 bits per heavy atom. The van der Waals surface area contributed by atoms with Crippen LogP contribution in [0.5, 0.6) is 0 Å². The molecule has 0 aromatic rings. The Kier molecular flexibility index (Phi) is 5.18. The minimum Gasteiger partial charge on any atom is -0.391 e. The second-order valence-electron chi connectivity index (χ2n) is 4.10. The van der Waals surface area contributed by atoms with Crippen molar-refractivity contribution in [3.05, 3.63) is 0 Å². The van der Waals surface area contributed by atoms with Gasteiger partial charge in [-0.3, -0.25) is 4.79 Å². The quantitative estimate of drug-likeness (QED) is 0.674. The standard InChI is InChI=1S/C10H21NO2/c1-6(2)10(13)9(8(5)12)11-7(3)4/h6-9,11-12H,1-5H3/t8?,9-/m0/s1. The van der Waals surface area contributed by atoms with Gasteiger partial charge in [0.15, 0.2) is 5.78 Å². The first kappa shape index (κ1) is 12.6. The molecule has 0 bridgehead atoms. The van der Waals surface area contributed by atoms with Gasteiger partial charge in [-0.05, 0) is 6.92 Å². The average Bonchev–Trinajstić information content (AvgIpc) is 1.97. The molecule has 0 aliphatic carbocycles. The highest BCUT2D eigenvalue weighted by atomic mass is 16.3. The molecule has 0 aliphatic heterocycles. The van der Waals surface area contributed by atoms with E-state index in [1.807, 2.05) is 27.7 Å². The highest BCUT2D eigenvalue weighted by molar-refractivity contribution is 5.86. The minimum atomic E-state index is -0.628. The highest BCUT2D eigenvalue weighted by Gasteiger charge is 2.25. The van der Waals surface area contributed by atoms with Gasteiger partial charge >= 0.3 is 0 Å². The number of carbonyl (C=O) groups excluding carboxylic acids is 1. The maximum atomic E-state index is 11.6. The van der Waals surface area contributed by atoms with Crippen LogP contribution in [0.3, 0.4) is 0 Å². The summed E-state index contributed by atoms with van der Waals surface area (Å²) in [4.78, 5) is 11.6. The van der Waals surface area contributed by atoms with Crippen LogP contribution < -0.4 is 5.32 Å². The second kappa shape index (κ2) is 5.35. The van der Waals surface area contributed by atoms with E-state index in [0.717, 1.165) is 0 Å². The predicted octanol–water partition coefficient (Wildman–Crippen LogP) is 0.959. The van der Waals surface area contributed by atoms with Crippen LogP contribution in [0.2, 0.25) is 0 Å². The molecule has 0 aliphatic rings. The van der Waals surface area contributed by atoms with Crippen LogP contribution in [0.25, 0.3) is 0 Å². The number of carbonyl (C=O) groups is 1. The van der Waals surface area contributed by atoms with E-state index in [0.29, 0.717) is 0 Å². The number of rotatable bonds is 5. The average molecular weight is 187 g/mol. The van der Waals surface area contributed by atoms with Crippen LogP contribution in [0, 0.1) is 5.92 Å². The third kappa shape index (κ3) is 4.39. The van der Waals surface area contributed by atoms with Crippen molar-refractivity contribution in [1.82, 2.24) is 5.32 Å². The van der Waals surface area contributed by atoms with E-state index < -0.39 is 12.1 Å². The van der Waals surface area contributed by atoms with Crippen LogP contribution in [0.4, 0.5) is 0 Å². The van der Waals surface area contributed by atoms with Crippen molar-refractivity contribution in [3.8, 4) is 0 Å². The Morgan fingerprint density at radius 2 is 1.62 bits per heavy atom. The fourth-order valence-electron chi connectivity index (χ4n) is 1.18. The highest BCUT2D eigenvalue weighted by Crippen LogP contribution is 2.04. The first-order valence-corrected chi connectivity index (χ1v) is 4.84. The van der Waals surface area contributed by atoms with Gasteiger partial charge < -0.3 is 10.4 Å². The minimum absolute atomic E-state index is 0.0363. The van der Waals surface area contributed by atoms with Gasteiger partial charge in [-0.2, -0.15) is 0 Å². The monoisotopic (exact) mass is 187 g/mol. The lowest BCUT2D eigenvalue weighted by Gasteiger charge is -2.24. The summed E-state index contributed by atoms with van der Waals surface area (Å²) in [6, 6.07) is -0.220. The van der Waals surface area contributed by atoms with Crippen molar-refractivity contribution >= 4 is 5.78 Å². The number of aliphatic hydroxyl groups excluding tert-OH is 1. The Balaban J connectivity index is 4.33. The smallest absolute Gasteiger partial charge is 0.154 e. The Bertz CT molecular complexity index is 164. The summed E-state index contributed by atoms with van der Waals surface area (Å²) in [5, 5.41) is 12.5. The Hall–Kier alpha value is -0.410. The molecule has 3 heteroatoms. The molecule has 0 heterocycles. The summed E-state index contributed by atoms with van der Waals surface area (Å²) in [6.07, 6.45) is -0.628. The molecule has 0 rings (SSSR count). The third-order valence-electron chi connectivity index (χ3n) is 1.87. The van der Waals surface area contributed by atoms with E-state index in [1.54, 1.807) is 6.92 Å². The van der Waals surface area contributed by atoms with Crippen molar-refractivity contribution in [1.29, 1.82) is 0 Å². The summed E-state index contributed by atoms with van der Waals surface area (Å²) in [6.45, 7) is 9.26. The molecule has 0 aromatic carbocycles. The van der Waals surface area contributed by atoms with Gasteiger partial charge in [-0.25, -0.2) is 0 Å². The third-order valence-corrected chi connectivity index (χ3v) is 1.87. The summed E-state index contributed by atoms with van der Waals surface area (Å²) in [7, 11) is 0. The van der Waals surface area contributed by atoms with E-state index in [4.69, 9.17) is 0 Å². The maximum absolute atomic E-state index is 11.6. The molecule has 0 saturated heterocycles. The van der Waals surface area contributed by atoms with Crippen molar-refractivity contribution in [2.45, 2.75) is 52.8 Å². The normalized spacial score (nSPS) is 16.3. The number of Topliss-reactive ketones (excluding diaryl/α,β-unsaturated/α-hetero) is 1. The van der Waals surface area contributed by atoms with Gasteiger partial charge in [0, 0.05) is 12.0 Å². The van der Waals surface area contributed by atoms with Crippen molar-refractivity contribution < 1.29 is 9.90 Å². The molecule has 3 nitrogen and oxygen atoms in total. The van der Waals surface area contributed by atoms with Crippen LogP contribution in [0.15, 0.2) is 0 Å². The molecule has 78 valence electrons. The number of aliphatic hydroxyl groups is 1. The fraction of sp³-hybridized carbons (Fsp3) is 0.900. The lowest BCUT2D eigenvalue weighted by Crippen LogP contribution is -2.49. The zero-order valence-electron chi connectivity index (χ0n) is 9.16. The molecule has 0 saturated carbocycles. The molecule has 0 fully saturated rings. The van der Waals surface area contributed by atoms with Gasteiger partial charge in [0.05, 0.1) is 12.1 Å². The lowest BCUT2D eigenvalue weighted by atomic mass is 9.97. The Labute approximate surface area is 80.5 Å². The largest absolute Gasteiger partial charge is 0.391 e. The van der Waals surface area contributed by atoms with Crippen LogP contribution in [0.1, 0.15) is 34.6 Å². The number of ketones is 1. The summed E-state index contributed by atoms with van der Waals surface area (Å²) >= 11 is 0. The fourth-order valence-corrected chi connectivity index (χ4v) is 1.18. The predicted molar refractivity (Wildman–Crippen MR) is 53.6 cm³/mol. The van der Waals surface area contributed by atoms with Crippen molar-refractivity contribution in [2.75, 3.05) is 0 Å². The summed E-state index contributed by atoms with van der Waals surface area (Å²) in [5.74, 6) is 0.0366. The van der Waals surface area contributed by atoms with E-state index in [2.05, 4.69) is 5.32 Å². The van der Waals surface area contributed by atoms with Gasteiger partial charge in [-0.15, -0.1) is 0 Å². The van der Waals surface area contributed by atoms with E-state index in [1.165, 1.54) is 0 Å².